The van der Waals surface area contributed by atoms with Crippen LogP contribution in [0.15, 0.2) is 47.6 Å². The Balaban J connectivity index is 2.06. The van der Waals surface area contributed by atoms with Gasteiger partial charge in [-0.25, -0.2) is 5.43 Å². The minimum Gasteiger partial charge on any atom is -0.508 e. The third-order valence-corrected chi connectivity index (χ3v) is 2.70. The van der Waals surface area contributed by atoms with Gasteiger partial charge in [0.15, 0.2) is 0 Å². The molecule has 2 aromatic rings. The fourth-order valence-electron chi connectivity index (χ4n) is 1.50. The number of hydrogen-bond acceptors (Lipinski definition) is 4. The maximum absolute atomic E-state index is 11.7. The number of rotatable bonds is 3. The van der Waals surface area contributed by atoms with Crippen molar-refractivity contribution in [3.8, 4) is 11.5 Å². The molecular weight excluding hydrogens is 280 g/mol. The van der Waals surface area contributed by atoms with E-state index in [1.165, 1.54) is 30.5 Å². The first-order valence-electron chi connectivity index (χ1n) is 5.67. The van der Waals surface area contributed by atoms with E-state index in [9.17, 15) is 15.0 Å². The highest BCUT2D eigenvalue weighted by atomic mass is 35.5. The summed E-state index contributed by atoms with van der Waals surface area (Å²) in [6.45, 7) is 0. The van der Waals surface area contributed by atoms with Gasteiger partial charge in [-0.3, -0.25) is 4.79 Å². The number of carbonyl (C=O) groups excluding carboxylic acids is 1. The van der Waals surface area contributed by atoms with Crippen LogP contribution in [0.3, 0.4) is 0 Å². The van der Waals surface area contributed by atoms with Crippen LogP contribution in [0.4, 0.5) is 0 Å². The van der Waals surface area contributed by atoms with Crippen molar-refractivity contribution >= 4 is 23.7 Å². The largest absolute Gasteiger partial charge is 0.508 e. The average molecular weight is 291 g/mol. The Morgan fingerprint density at radius 3 is 2.75 bits per heavy atom. The number of benzene rings is 2. The molecule has 1 amide bonds. The number of nitrogens with one attached hydrogen (secondary N) is 1. The van der Waals surface area contributed by atoms with Crippen LogP contribution in [-0.4, -0.2) is 22.3 Å². The molecular formula is C14H11ClN2O3. The van der Waals surface area contributed by atoms with Crippen LogP contribution in [0.25, 0.3) is 0 Å². The Bertz CT molecular complexity index is 671. The van der Waals surface area contributed by atoms with E-state index in [1.54, 1.807) is 18.2 Å². The topological polar surface area (TPSA) is 81.9 Å². The Morgan fingerprint density at radius 1 is 1.20 bits per heavy atom. The van der Waals surface area contributed by atoms with E-state index in [4.69, 9.17) is 11.6 Å². The molecule has 0 fully saturated rings. The van der Waals surface area contributed by atoms with Crippen molar-refractivity contribution in [1.29, 1.82) is 0 Å². The monoisotopic (exact) mass is 290 g/mol. The summed E-state index contributed by atoms with van der Waals surface area (Å²) in [6, 6.07) is 10.4. The summed E-state index contributed by atoms with van der Waals surface area (Å²) >= 11 is 5.78. The highest BCUT2D eigenvalue weighted by Gasteiger charge is 2.04. The molecule has 0 heterocycles. The molecule has 3 N–H and O–H groups in total. The molecule has 2 aromatic carbocycles. The lowest BCUT2D eigenvalue weighted by Crippen LogP contribution is -2.17. The summed E-state index contributed by atoms with van der Waals surface area (Å²) in [4.78, 5) is 11.7. The molecule has 0 aromatic heterocycles. The Kier molecular flexibility index (Phi) is 4.22. The zero-order valence-corrected chi connectivity index (χ0v) is 11.0. The second kappa shape index (κ2) is 6.08. The van der Waals surface area contributed by atoms with Crippen molar-refractivity contribution in [2.24, 2.45) is 5.10 Å². The van der Waals surface area contributed by atoms with Crippen LogP contribution in [-0.2, 0) is 0 Å². The number of aromatic hydroxyl groups is 2. The van der Waals surface area contributed by atoms with Crippen molar-refractivity contribution < 1.29 is 15.0 Å². The molecule has 0 bridgehead atoms. The number of hydrogen-bond donors (Lipinski definition) is 3. The number of halogens is 1. The Hall–Kier alpha value is -2.53. The van der Waals surface area contributed by atoms with Crippen molar-refractivity contribution in [2.45, 2.75) is 0 Å². The standard InChI is InChI=1S/C14H11ClN2O3/c15-11-4-5-13(19)10(6-11)8-16-17-14(20)9-2-1-3-12(18)7-9/h1-8,18-19H,(H,17,20)/b16-8+. The van der Waals surface area contributed by atoms with Crippen LogP contribution >= 0.6 is 11.6 Å². The highest BCUT2D eigenvalue weighted by molar-refractivity contribution is 6.30. The molecule has 0 aliphatic heterocycles. The van der Waals surface area contributed by atoms with Crippen molar-refractivity contribution in [3.63, 3.8) is 0 Å². The van der Waals surface area contributed by atoms with Gasteiger partial charge < -0.3 is 10.2 Å². The van der Waals surface area contributed by atoms with Gasteiger partial charge in [0.25, 0.3) is 5.91 Å². The molecule has 102 valence electrons. The molecule has 0 aliphatic rings. The number of phenols is 2. The van der Waals surface area contributed by atoms with Gasteiger partial charge in [0.05, 0.1) is 6.21 Å². The molecule has 0 saturated heterocycles. The predicted octanol–water partition coefficient (Wildman–Crippen LogP) is 2.52. The zero-order valence-electron chi connectivity index (χ0n) is 10.2. The van der Waals surface area contributed by atoms with E-state index in [1.807, 2.05) is 0 Å². The van der Waals surface area contributed by atoms with E-state index < -0.39 is 5.91 Å². The summed E-state index contributed by atoms with van der Waals surface area (Å²) in [5.41, 5.74) is 2.95. The van der Waals surface area contributed by atoms with Crippen LogP contribution in [0.1, 0.15) is 15.9 Å². The second-order valence-electron chi connectivity index (χ2n) is 3.95. The average Bonchev–Trinajstić information content (AvgIpc) is 2.42. The minimum atomic E-state index is -0.473. The van der Waals surface area contributed by atoms with Gasteiger partial charge in [-0.2, -0.15) is 5.10 Å². The molecule has 0 radical (unpaired) electrons. The second-order valence-corrected chi connectivity index (χ2v) is 4.39. The number of nitrogens with zero attached hydrogens (tertiary/aromatic N) is 1. The van der Waals surface area contributed by atoms with Gasteiger partial charge in [0, 0.05) is 16.1 Å². The van der Waals surface area contributed by atoms with Gasteiger partial charge in [0.1, 0.15) is 11.5 Å². The lowest BCUT2D eigenvalue weighted by Gasteiger charge is -2.01. The summed E-state index contributed by atoms with van der Waals surface area (Å²) in [5.74, 6) is -0.475. The molecule has 0 unspecified atom stereocenters. The minimum absolute atomic E-state index is 0.00440. The SMILES string of the molecule is O=C(N/N=C/c1cc(Cl)ccc1O)c1cccc(O)c1. The molecule has 0 saturated carbocycles. The highest BCUT2D eigenvalue weighted by Crippen LogP contribution is 2.19. The van der Waals surface area contributed by atoms with Crippen LogP contribution < -0.4 is 5.43 Å². The van der Waals surface area contributed by atoms with Crippen LogP contribution in [0.2, 0.25) is 5.02 Å². The molecule has 2 rings (SSSR count). The maximum atomic E-state index is 11.7. The van der Waals surface area contributed by atoms with Crippen molar-refractivity contribution in [3.05, 3.63) is 58.6 Å². The number of carbonyl (C=O) groups is 1. The summed E-state index contributed by atoms with van der Waals surface area (Å²) in [6.07, 6.45) is 1.28. The first-order chi connectivity index (χ1) is 9.56. The lowest BCUT2D eigenvalue weighted by molar-refractivity contribution is 0.0954. The normalized spacial score (nSPS) is 10.7. The fourth-order valence-corrected chi connectivity index (χ4v) is 1.68. The molecule has 0 atom stereocenters. The van der Waals surface area contributed by atoms with Crippen molar-refractivity contribution in [1.82, 2.24) is 5.43 Å². The van der Waals surface area contributed by atoms with Gasteiger partial charge >= 0.3 is 0 Å². The van der Waals surface area contributed by atoms with Gasteiger partial charge in [0.2, 0.25) is 0 Å². The molecule has 20 heavy (non-hydrogen) atoms. The summed E-state index contributed by atoms with van der Waals surface area (Å²) in [5, 5.41) is 23.0. The number of amides is 1. The first kappa shape index (κ1) is 13.9. The number of phenolic OH excluding ortho intramolecular Hbond substituents is 2. The lowest BCUT2D eigenvalue weighted by atomic mass is 10.2. The van der Waals surface area contributed by atoms with Gasteiger partial charge in [-0.15, -0.1) is 0 Å². The Labute approximate surface area is 120 Å². The molecule has 0 aliphatic carbocycles. The smallest absolute Gasteiger partial charge is 0.271 e. The molecule has 6 heteroatoms. The van der Waals surface area contributed by atoms with E-state index in [-0.39, 0.29) is 17.1 Å². The molecule has 5 nitrogen and oxygen atoms in total. The number of hydrazone groups is 1. The van der Waals surface area contributed by atoms with Gasteiger partial charge in [-0.05, 0) is 36.4 Å². The quantitative estimate of drug-likeness (QED) is 0.600. The third-order valence-electron chi connectivity index (χ3n) is 2.47. The zero-order chi connectivity index (χ0) is 14.5. The van der Waals surface area contributed by atoms with Crippen molar-refractivity contribution in [2.75, 3.05) is 0 Å². The summed E-state index contributed by atoms with van der Waals surface area (Å²) in [7, 11) is 0. The van der Waals surface area contributed by atoms with E-state index >= 15 is 0 Å². The van der Waals surface area contributed by atoms with Gasteiger partial charge in [-0.1, -0.05) is 17.7 Å². The summed E-state index contributed by atoms with van der Waals surface area (Å²) < 4.78 is 0. The van der Waals surface area contributed by atoms with E-state index in [2.05, 4.69) is 10.5 Å². The van der Waals surface area contributed by atoms with E-state index in [0.29, 0.717) is 10.6 Å². The Morgan fingerprint density at radius 2 is 2.00 bits per heavy atom. The predicted molar refractivity (Wildman–Crippen MR) is 76.3 cm³/mol. The first-order valence-corrected chi connectivity index (χ1v) is 6.05. The third kappa shape index (κ3) is 3.49. The maximum Gasteiger partial charge on any atom is 0.271 e. The van der Waals surface area contributed by atoms with Crippen LogP contribution in [0.5, 0.6) is 11.5 Å². The van der Waals surface area contributed by atoms with E-state index in [0.717, 1.165) is 0 Å². The molecule has 0 spiro atoms. The van der Waals surface area contributed by atoms with Crippen LogP contribution in [0, 0.1) is 0 Å². The fraction of sp³-hybridized carbons (Fsp3) is 0.